The van der Waals surface area contributed by atoms with Crippen LogP contribution in [-0.2, 0) is 0 Å². The van der Waals surface area contributed by atoms with Crippen molar-refractivity contribution in [3.8, 4) is 0 Å². The summed E-state index contributed by atoms with van der Waals surface area (Å²) >= 11 is 0. The third kappa shape index (κ3) is 2.57. The maximum Gasteiger partial charge on any atom is 0.106 e. The lowest BCUT2D eigenvalue weighted by Crippen LogP contribution is -2.22. The Hall–Kier alpha value is -0.760. The van der Waals surface area contributed by atoms with E-state index in [1.54, 1.807) is 0 Å². The van der Waals surface area contributed by atoms with E-state index in [0.29, 0.717) is 5.92 Å². The van der Waals surface area contributed by atoms with E-state index in [2.05, 4.69) is 6.92 Å². The molecule has 0 saturated heterocycles. The Morgan fingerprint density at radius 3 is 2.06 bits per heavy atom. The van der Waals surface area contributed by atoms with Crippen molar-refractivity contribution in [2.24, 2.45) is 11.7 Å². The smallest absolute Gasteiger partial charge is 0.106 e. The Morgan fingerprint density at radius 2 is 1.59 bits per heavy atom. The summed E-state index contributed by atoms with van der Waals surface area (Å²) < 4.78 is 5.71. The summed E-state index contributed by atoms with van der Waals surface area (Å²) in [5.41, 5.74) is 9.03. The molecule has 1 aromatic heterocycles. The van der Waals surface area contributed by atoms with Crippen molar-refractivity contribution in [3.05, 3.63) is 22.6 Å². The highest BCUT2D eigenvalue weighted by Crippen LogP contribution is 2.36. The lowest BCUT2D eigenvalue weighted by molar-refractivity contribution is 0.376. The van der Waals surface area contributed by atoms with Gasteiger partial charge < -0.3 is 10.2 Å². The van der Waals surface area contributed by atoms with E-state index in [-0.39, 0.29) is 6.04 Å². The highest BCUT2D eigenvalue weighted by atomic mass is 16.3. The first-order valence-electron chi connectivity index (χ1n) is 6.93. The van der Waals surface area contributed by atoms with E-state index in [1.165, 1.54) is 49.7 Å². The topological polar surface area (TPSA) is 39.2 Å². The van der Waals surface area contributed by atoms with E-state index < -0.39 is 0 Å². The molecule has 0 aromatic carbocycles. The average molecular weight is 235 g/mol. The van der Waals surface area contributed by atoms with Gasteiger partial charge in [0.25, 0.3) is 0 Å². The van der Waals surface area contributed by atoms with Crippen LogP contribution in [0.3, 0.4) is 0 Å². The molecule has 1 aliphatic carbocycles. The molecule has 0 amide bonds. The molecule has 17 heavy (non-hydrogen) atoms. The van der Waals surface area contributed by atoms with Crippen molar-refractivity contribution in [3.63, 3.8) is 0 Å². The van der Waals surface area contributed by atoms with E-state index in [4.69, 9.17) is 10.2 Å². The summed E-state index contributed by atoms with van der Waals surface area (Å²) in [7, 11) is 0. The molecule has 1 aromatic rings. The molecule has 1 saturated carbocycles. The number of aryl methyl sites for hydroxylation is 2. The van der Waals surface area contributed by atoms with Crippen molar-refractivity contribution in [1.82, 2.24) is 0 Å². The van der Waals surface area contributed by atoms with Crippen LogP contribution in [-0.4, -0.2) is 0 Å². The number of nitrogens with two attached hydrogens (primary N) is 1. The SMILES string of the molecule is Cc1oc(C)c(C(N)C2CCCCCC2)c1C. The second-order valence-electron chi connectivity index (χ2n) is 5.53. The Balaban J connectivity index is 2.20. The van der Waals surface area contributed by atoms with Crippen molar-refractivity contribution in [2.45, 2.75) is 65.3 Å². The molecular weight excluding hydrogens is 210 g/mol. The van der Waals surface area contributed by atoms with Crippen LogP contribution in [0.15, 0.2) is 4.42 Å². The van der Waals surface area contributed by atoms with Crippen LogP contribution in [0.2, 0.25) is 0 Å². The zero-order valence-electron chi connectivity index (χ0n) is 11.4. The second kappa shape index (κ2) is 5.26. The Bertz CT molecular complexity index is 373. The highest BCUT2D eigenvalue weighted by Gasteiger charge is 2.26. The first-order valence-corrected chi connectivity index (χ1v) is 6.93. The van der Waals surface area contributed by atoms with Gasteiger partial charge in [-0.3, -0.25) is 0 Å². The summed E-state index contributed by atoms with van der Waals surface area (Å²) in [6.07, 6.45) is 8.01. The predicted octanol–water partition coefficient (Wildman–Crippen LogP) is 4.18. The maximum atomic E-state index is 6.49. The van der Waals surface area contributed by atoms with Crippen LogP contribution < -0.4 is 5.73 Å². The molecule has 2 rings (SSSR count). The standard InChI is InChI=1S/C15H25NO/c1-10-11(2)17-12(3)14(10)15(16)13-8-6-4-5-7-9-13/h13,15H,4-9,16H2,1-3H3. The summed E-state index contributed by atoms with van der Waals surface area (Å²) in [6, 6.07) is 0.172. The van der Waals surface area contributed by atoms with Crippen LogP contribution in [0.4, 0.5) is 0 Å². The van der Waals surface area contributed by atoms with Crippen LogP contribution in [0.1, 0.15) is 67.2 Å². The largest absolute Gasteiger partial charge is 0.466 e. The van der Waals surface area contributed by atoms with Gasteiger partial charge in [0.05, 0.1) is 0 Å². The van der Waals surface area contributed by atoms with E-state index in [0.717, 1.165) is 11.5 Å². The summed E-state index contributed by atoms with van der Waals surface area (Å²) in [4.78, 5) is 0. The molecule has 0 radical (unpaired) electrons. The number of furan rings is 1. The lowest BCUT2D eigenvalue weighted by atomic mass is 9.86. The molecular formula is C15H25NO. The van der Waals surface area contributed by atoms with Gasteiger partial charge in [-0.2, -0.15) is 0 Å². The molecule has 1 unspecified atom stereocenters. The molecule has 2 N–H and O–H groups in total. The molecule has 2 heteroatoms. The van der Waals surface area contributed by atoms with Crippen molar-refractivity contribution < 1.29 is 4.42 Å². The Labute approximate surface area is 105 Å². The minimum absolute atomic E-state index is 0.172. The summed E-state index contributed by atoms with van der Waals surface area (Å²) in [5.74, 6) is 2.70. The minimum Gasteiger partial charge on any atom is -0.466 e. The molecule has 1 fully saturated rings. The lowest BCUT2D eigenvalue weighted by Gasteiger charge is -2.22. The third-order valence-electron chi connectivity index (χ3n) is 4.36. The normalized spacial score (nSPS) is 20.2. The molecule has 1 atom stereocenters. The maximum absolute atomic E-state index is 6.49. The number of rotatable bonds is 2. The van der Waals surface area contributed by atoms with Gasteiger partial charge in [-0.25, -0.2) is 0 Å². The van der Waals surface area contributed by atoms with Crippen molar-refractivity contribution >= 4 is 0 Å². The van der Waals surface area contributed by atoms with Crippen LogP contribution in [0.5, 0.6) is 0 Å². The Morgan fingerprint density at radius 1 is 1.00 bits per heavy atom. The average Bonchev–Trinajstić information content (AvgIpc) is 2.52. The molecule has 96 valence electrons. The molecule has 1 aliphatic rings. The summed E-state index contributed by atoms with van der Waals surface area (Å²) in [6.45, 7) is 6.22. The zero-order valence-corrected chi connectivity index (χ0v) is 11.4. The first-order chi connectivity index (χ1) is 8.11. The fourth-order valence-electron chi connectivity index (χ4n) is 3.21. The van der Waals surface area contributed by atoms with Crippen molar-refractivity contribution in [1.29, 1.82) is 0 Å². The van der Waals surface area contributed by atoms with Crippen LogP contribution in [0.25, 0.3) is 0 Å². The van der Waals surface area contributed by atoms with Crippen LogP contribution in [0, 0.1) is 26.7 Å². The zero-order chi connectivity index (χ0) is 12.4. The number of hydrogen-bond donors (Lipinski definition) is 1. The minimum atomic E-state index is 0.172. The third-order valence-corrected chi connectivity index (χ3v) is 4.36. The number of hydrogen-bond acceptors (Lipinski definition) is 2. The Kier molecular flexibility index (Phi) is 3.93. The predicted molar refractivity (Wildman–Crippen MR) is 71.0 cm³/mol. The molecule has 0 aliphatic heterocycles. The second-order valence-corrected chi connectivity index (χ2v) is 5.53. The molecule has 1 heterocycles. The van der Waals surface area contributed by atoms with E-state index in [1.807, 2.05) is 13.8 Å². The van der Waals surface area contributed by atoms with Gasteiger partial charge in [0, 0.05) is 11.6 Å². The van der Waals surface area contributed by atoms with Gasteiger partial charge >= 0.3 is 0 Å². The molecule has 2 nitrogen and oxygen atoms in total. The monoisotopic (exact) mass is 235 g/mol. The first kappa shape index (κ1) is 12.7. The van der Waals surface area contributed by atoms with Gasteiger partial charge in [0.2, 0.25) is 0 Å². The summed E-state index contributed by atoms with van der Waals surface area (Å²) in [5, 5.41) is 0. The van der Waals surface area contributed by atoms with E-state index in [9.17, 15) is 0 Å². The molecule has 0 spiro atoms. The fraction of sp³-hybridized carbons (Fsp3) is 0.733. The highest BCUT2D eigenvalue weighted by molar-refractivity contribution is 5.34. The van der Waals surface area contributed by atoms with Gasteiger partial charge in [0.1, 0.15) is 11.5 Å². The van der Waals surface area contributed by atoms with Gasteiger partial charge in [-0.05, 0) is 45.1 Å². The fourth-order valence-corrected chi connectivity index (χ4v) is 3.21. The van der Waals surface area contributed by atoms with E-state index >= 15 is 0 Å². The van der Waals surface area contributed by atoms with Crippen molar-refractivity contribution in [2.75, 3.05) is 0 Å². The molecule has 0 bridgehead atoms. The van der Waals surface area contributed by atoms with Gasteiger partial charge in [-0.1, -0.05) is 25.7 Å². The quantitative estimate of drug-likeness (QED) is 0.781. The van der Waals surface area contributed by atoms with Crippen LogP contribution >= 0.6 is 0 Å². The van der Waals surface area contributed by atoms with Gasteiger partial charge in [0.15, 0.2) is 0 Å². The van der Waals surface area contributed by atoms with Gasteiger partial charge in [-0.15, -0.1) is 0 Å².